The van der Waals surface area contributed by atoms with Gasteiger partial charge < -0.3 is 33.4 Å². The van der Waals surface area contributed by atoms with E-state index in [4.69, 9.17) is 30.5 Å². The number of anilines is 1. The fraction of sp³-hybridized carbons (Fsp3) is 0.290. The van der Waals surface area contributed by atoms with E-state index in [1.165, 1.54) is 12.1 Å². The number of carbonyl (C=O) groups excluding carboxylic acids is 1. The number of imidazole rings is 1. The van der Waals surface area contributed by atoms with Crippen molar-refractivity contribution in [2.24, 2.45) is 0 Å². The number of ether oxygens (including phenoxy) is 2. The van der Waals surface area contributed by atoms with Gasteiger partial charge in [-0.05, 0) is 36.8 Å². The second kappa shape index (κ2) is 11.4. The van der Waals surface area contributed by atoms with Crippen LogP contribution < -0.4 is 9.64 Å². The van der Waals surface area contributed by atoms with Crippen molar-refractivity contribution < 1.29 is 33.0 Å². The number of aromatic nitrogens is 3. The number of amides is 1. The van der Waals surface area contributed by atoms with Gasteiger partial charge in [0.2, 0.25) is 11.8 Å². The molecule has 2 fully saturated rings. The van der Waals surface area contributed by atoms with E-state index in [2.05, 4.69) is 4.98 Å². The maximum atomic E-state index is 13.7. The van der Waals surface area contributed by atoms with Crippen LogP contribution in [-0.4, -0.2) is 68.8 Å². The summed E-state index contributed by atoms with van der Waals surface area (Å²) in [5.74, 6) is 0.529. The summed E-state index contributed by atoms with van der Waals surface area (Å²) in [5, 5.41) is 10.4. The van der Waals surface area contributed by atoms with Gasteiger partial charge in [-0.1, -0.05) is 23.7 Å². The standard InChI is InChI=1S/C31H27ClFN5O6/c32-22-6-4-19(30-21(22)13-25(33)44-30)17-43-28-3-1-2-26(35-28)36-9-10-37(29(39)16-36)15-27-34-23-7-5-18(31(40)41)12-24(23)38(27)14-20-8-11-42-20/h1-7,12-13,20H,8-11,14-17H2,(H,40,41). The number of carboxylic acid groups (broad SMARTS) is 1. The highest BCUT2D eigenvalue weighted by molar-refractivity contribution is 6.35. The van der Waals surface area contributed by atoms with Gasteiger partial charge >= 0.3 is 5.97 Å². The molecular formula is C31H27ClFN5O6. The third-order valence-electron chi connectivity index (χ3n) is 7.99. The molecule has 1 amide bonds. The fourth-order valence-corrected chi connectivity index (χ4v) is 5.75. The fourth-order valence-electron chi connectivity index (χ4n) is 5.55. The number of aromatic carboxylic acids is 1. The molecule has 1 unspecified atom stereocenters. The van der Waals surface area contributed by atoms with Gasteiger partial charge in [0.1, 0.15) is 23.8 Å². The molecule has 0 radical (unpaired) electrons. The summed E-state index contributed by atoms with van der Waals surface area (Å²) < 4.78 is 32.4. The van der Waals surface area contributed by atoms with Gasteiger partial charge in [-0.15, -0.1) is 0 Å². The van der Waals surface area contributed by atoms with Crippen LogP contribution in [0.2, 0.25) is 5.02 Å². The van der Waals surface area contributed by atoms with Crippen LogP contribution in [0, 0.1) is 6.01 Å². The Labute approximate surface area is 255 Å². The highest BCUT2D eigenvalue weighted by atomic mass is 35.5. The zero-order chi connectivity index (χ0) is 30.4. The number of hydrogen-bond donors (Lipinski definition) is 1. The van der Waals surface area contributed by atoms with Crippen LogP contribution in [0.1, 0.15) is 28.2 Å². The SMILES string of the molecule is O=C(O)c1ccc2nc(CN3CCN(c4cccc(OCc5ccc(Cl)c6cc(F)oc56)n4)CC3=O)n(CC3CCO3)c2c1. The molecule has 2 aliphatic heterocycles. The van der Waals surface area contributed by atoms with Crippen LogP contribution in [0.25, 0.3) is 22.0 Å². The maximum absolute atomic E-state index is 13.7. The number of hydrogen-bond acceptors (Lipinski definition) is 8. The van der Waals surface area contributed by atoms with Crippen molar-refractivity contribution in [2.45, 2.75) is 32.2 Å². The summed E-state index contributed by atoms with van der Waals surface area (Å²) in [4.78, 5) is 37.9. The Morgan fingerprint density at radius 2 is 2.00 bits per heavy atom. The number of nitrogens with zero attached hydrogens (tertiary/aromatic N) is 5. The zero-order valence-corrected chi connectivity index (χ0v) is 24.2. The number of carbonyl (C=O) groups is 2. The quantitative estimate of drug-likeness (QED) is 0.246. The Bertz CT molecular complexity index is 1900. The highest BCUT2D eigenvalue weighted by Crippen LogP contribution is 2.30. The van der Waals surface area contributed by atoms with E-state index in [0.717, 1.165) is 6.42 Å². The largest absolute Gasteiger partial charge is 0.478 e. The number of halogens is 2. The average Bonchev–Trinajstić information content (AvgIpc) is 3.55. The summed E-state index contributed by atoms with van der Waals surface area (Å²) in [7, 11) is 0. The summed E-state index contributed by atoms with van der Waals surface area (Å²) in [6.45, 7) is 2.72. The van der Waals surface area contributed by atoms with Crippen molar-refractivity contribution >= 4 is 51.3 Å². The lowest BCUT2D eigenvalue weighted by molar-refractivity contribution is -0.131. The number of piperazine rings is 1. The van der Waals surface area contributed by atoms with Crippen molar-refractivity contribution in [1.82, 2.24) is 19.4 Å². The average molecular weight is 620 g/mol. The molecule has 0 bridgehead atoms. The molecular weight excluding hydrogens is 593 g/mol. The Morgan fingerprint density at radius 1 is 1.14 bits per heavy atom. The van der Waals surface area contributed by atoms with E-state index in [1.54, 1.807) is 41.3 Å². The van der Waals surface area contributed by atoms with Gasteiger partial charge in [0.25, 0.3) is 6.01 Å². The molecule has 2 aliphatic rings. The van der Waals surface area contributed by atoms with Crippen molar-refractivity contribution in [1.29, 1.82) is 0 Å². The lowest BCUT2D eigenvalue weighted by Crippen LogP contribution is -2.50. The summed E-state index contributed by atoms with van der Waals surface area (Å²) in [5.41, 5.74) is 2.51. The minimum atomic E-state index is -1.01. The number of benzene rings is 2. The van der Waals surface area contributed by atoms with Crippen LogP contribution >= 0.6 is 11.6 Å². The lowest BCUT2D eigenvalue weighted by Gasteiger charge is -2.35. The first kappa shape index (κ1) is 28.1. The number of fused-ring (bicyclic) bond motifs is 2. The van der Waals surface area contributed by atoms with Gasteiger partial charge in [0.05, 0.1) is 47.4 Å². The van der Waals surface area contributed by atoms with Gasteiger partial charge in [-0.2, -0.15) is 9.37 Å². The van der Waals surface area contributed by atoms with E-state index >= 15 is 0 Å². The predicted octanol–water partition coefficient (Wildman–Crippen LogP) is 4.88. The molecule has 11 nitrogen and oxygen atoms in total. The molecule has 0 aliphatic carbocycles. The molecule has 2 saturated heterocycles. The van der Waals surface area contributed by atoms with Gasteiger partial charge in [0.15, 0.2) is 0 Å². The summed E-state index contributed by atoms with van der Waals surface area (Å²) >= 11 is 6.16. The smallest absolute Gasteiger partial charge is 0.335 e. The topological polar surface area (TPSA) is 123 Å². The molecule has 2 aromatic carbocycles. The normalized spacial score (nSPS) is 17.0. The molecule has 44 heavy (non-hydrogen) atoms. The lowest BCUT2D eigenvalue weighted by atomic mass is 10.1. The number of furan rings is 1. The predicted molar refractivity (Wildman–Crippen MR) is 158 cm³/mol. The first-order valence-electron chi connectivity index (χ1n) is 14.2. The number of pyridine rings is 1. The Kier molecular flexibility index (Phi) is 7.31. The maximum Gasteiger partial charge on any atom is 0.335 e. The molecule has 1 N–H and O–H groups in total. The Balaban J connectivity index is 1.04. The summed E-state index contributed by atoms with van der Waals surface area (Å²) in [6.07, 6.45) is 0.940. The number of rotatable bonds is 9. The second-order valence-corrected chi connectivity index (χ2v) is 11.2. The monoisotopic (exact) mass is 619 g/mol. The molecule has 0 saturated carbocycles. The molecule has 1 atom stereocenters. The molecule has 5 heterocycles. The third-order valence-corrected chi connectivity index (χ3v) is 8.32. The molecule has 3 aromatic heterocycles. The van der Waals surface area contributed by atoms with Crippen molar-refractivity contribution in [3.63, 3.8) is 0 Å². The minimum Gasteiger partial charge on any atom is -0.478 e. The van der Waals surface area contributed by atoms with Crippen molar-refractivity contribution in [3.05, 3.63) is 82.6 Å². The van der Waals surface area contributed by atoms with Gasteiger partial charge in [-0.3, -0.25) is 4.79 Å². The van der Waals surface area contributed by atoms with Crippen molar-refractivity contribution in [3.8, 4) is 5.88 Å². The molecule has 5 aromatic rings. The molecule has 7 rings (SSSR count). The molecule has 0 spiro atoms. The first-order valence-corrected chi connectivity index (χ1v) is 14.5. The van der Waals surface area contributed by atoms with Gasteiger partial charge in [0, 0.05) is 42.8 Å². The van der Waals surface area contributed by atoms with E-state index in [-0.39, 0.29) is 37.3 Å². The molecule has 13 heteroatoms. The van der Waals surface area contributed by atoms with Crippen molar-refractivity contribution in [2.75, 3.05) is 31.1 Å². The summed E-state index contributed by atoms with van der Waals surface area (Å²) in [6, 6.07) is 14.1. The van der Waals surface area contributed by atoms with Gasteiger partial charge in [-0.25, -0.2) is 9.78 Å². The van der Waals surface area contributed by atoms with Crippen LogP contribution in [0.3, 0.4) is 0 Å². The number of carboxylic acids is 1. The van der Waals surface area contributed by atoms with E-state index < -0.39 is 12.0 Å². The van der Waals surface area contributed by atoms with Crippen LogP contribution in [0.4, 0.5) is 10.2 Å². The van der Waals surface area contributed by atoms with Crippen LogP contribution in [-0.2, 0) is 29.2 Å². The Hall–Kier alpha value is -4.68. The first-order chi connectivity index (χ1) is 21.3. The van der Waals surface area contributed by atoms with Crippen LogP contribution in [0.15, 0.2) is 59.0 Å². The second-order valence-electron chi connectivity index (χ2n) is 10.8. The third kappa shape index (κ3) is 5.42. The van der Waals surface area contributed by atoms with E-state index in [9.17, 15) is 19.1 Å². The Morgan fingerprint density at radius 3 is 2.77 bits per heavy atom. The molecule has 226 valence electrons. The van der Waals surface area contributed by atoms with E-state index in [1.807, 2.05) is 15.5 Å². The van der Waals surface area contributed by atoms with Crippen LogP contribution in [0.5, 0.6) is 5.88 Å². The zero-order valence-electron chi connectivity index (χ0n) is 23.4. The highest BCUT2D eigenvalue weighted by Gasteiger charge is 2.28. The minimum absolute atomic E-state index is 0.0266. The van der Waals surface area contributed by atoms with E-state index in [0.29, 0.717) is 76.4 Å².